The predicted molar refractivity (Wildman–Crippen MR) is 43.1 cm³/mol. The van der Waals surface area contributed by atoms with Crippen LogP contribution in [0.25, 0.3) is 6.08 Å². The lowest BCUT2D eigenvalue weighted by Gasteiger charge is -2.03. The van der Waals surface area contributed by atoms with Gasteiger partial charge in [-0.15, -0.1) is 0 Å². The third-order valence-corrected chi connectivity index (χ3v) is 1.39. The van der Waals surface area contributed by atoms with Crippen molar-refractivity contribution in [3.05, 3.63) is 41.7 Å². The van der Waals surface area contributed by atoms with Gasteiger partial charge in [0.05, 0.1) is 0 Å². The number of alkyl halides is 3. The lowest BCUT2D eigenvalue weighted by Crippen LogP contribution is -2.10. The van der Waals surface area contributed by atoms with Crippen LogP contribution in [0.4, 0.5) is 13.2 Å². The van der Waals surface area contributed by atoms with Crippen LogP contribution < -0.4 is 0 Å². The van der Waals surface area contributed by atoms with E-state index in [9.17, 15) is 13.2 Å². The molecule has 1 rings (SSSR count). The maximum Gasteiger partial charge on any atom is 0.448 e. The van der Waals surface area contributed by atoms with Crippen molar-refractivity contribution in [1.82, 2.24) is 0 Å². The quantitative estimate of drug-likeness (QED) is 0.671. The van der Waals surface area contributed by atoms with Crippen molar-refractivity contribution in [2.24, 2.45) is 0 Å². The Kier molecular flexibility index (Phi) is 2.60. The summed E-state index contributed by atoms with van der Waals surface area (Å²) < 4.78 is 35.4. The van der Waals surface area contributed by atoms with Crippen LogP contribution in [0.5, 0.6) is 0 Å². The van der Waals surface area contributed by atoms with Gasteiger partial charge in [-0.05, 0) is 11.6 Å². The second-order valence-corrected chi connectivity index (χ2v) is 2.44. The predicted octanol–water partition coefficient (Wildman–Crippen LogP) is 3.15. The maximum atomic E-state index is 11.8. The van der Waals surface area contributed by atoms with E-state index in [0.717, 1.165) is 0 Å². The third kappa shape index (κ3) is 2.82. The SMILES string of the molecule is O/C(=C\c1ccccc1)C(F)(F)F. The summed E-state index contributed by atoms with van der Waals surface area (Å²) in [7, 11) is 0. The van der Waals surface area contributed by atoms with Crippen LogP contribution in [-0.2, 0) is 0 Å². The summed E-state index contributed by atoms with van der Waals surface area (Å²) in [6, 6.07) is 7.82. The molecule has 4 heteroatoms. The van der Waals surface area contributed by atoms with Crippen LogP contribution in [0.2, 0.25) is 0 Å². The van der Waals surface area contributed by atoms with Gasteiger partial charge in [0.1, 0.15) is 0 Å². The summed E-state index contributed by atoms with van der Waals surface area (Å²) in [6.07, 6.45) is -3.99. The van der Waals surface area contributed by atoms with Crippen LogP contribution in [-0.4, -0.2) is 11.3 Å². The highest BCUT2D eigenvalue weighted by atomic mass is 19.4. The van der Waals surface area contributed by atoms with E-state index in [1.54, 1.807) is 18.2 Å². The summed E-state index contributed by atoms with van der Waals surface area (Å²) in [5.74, 6) is -1.58. The Morgan fingerprint density at radius 3 is 2.15 bits per heavy atom. The molecule has 70 valence electrons. The first-order valence-electron chi connectivity index (χ1n) is 3.53. The first-order valence-corrected chi connectivity index (χ1v) is 3.53. The lowest BCUT2D eigenvalue weighted by molar-refractivity contribution is -0.119. The topological polar surface area (TPSA) is 20.2 Å². The molecule has 13 heavy (non-hydrogen) atoms. The molecule has 1 N–H and O–H groups in total. The molecule has 0 fully saturated rings. The average molecular weight is 188 g/mol. The first kappa shape index (κ1) is 9.64. The fourth-order valence-electron chi connectivity index (χ4n) is 0.789. The van der Waals surface area contributed by atoms with Crippen LogP contribution in [0.1, 0.15) is 5.56 Å². The van der Waals surface area contributed by atoms with Crippen LogP contribution >= 0.6 is 0 Å². The van der Waals surface area contributed by atoms with Gasteiger partial charge in [0, 0.05) is 0 Å². The van der Waals surface area contributed by atoms with Crippen molar-refractivity contribution in [3.63, 3.8) is 0 Å². The third-order valence-electron chi connectivity index (χ3n) is 1.39. The van der Waals surface area contributed by atoms with E-state index in [1.165, 1.54) is 12.1 Å². The zero-order chi connectivity index (χ0) is 9.90. The highest BCUT2D eigenvalue weighted by Gasteiger charge is 2.33. The van der Waals surface area contributed by atoms with Gasteiger partial charge in [-0.3, -0.25) is 0 Å². The Balaban J connectivity index is 2.90. The fraction of sp³-hybridized carbons (Fsp3) is 0.111. The molecule has 0 aliphatic carbocycles. The van der Waals surface area contributed by atoms with Gasteiger partial charge in [-0.2, -0.15) is 13.2 Å². The number of aliphatic hydroxyl groups is 1. The Bertz CT molecular complexity index is 300. The summed E-state index contributed by atoms with van der Waals surface area (Å²) >= 11 is 0. The van der Waals surface area contributed by atoms with Gasteiger partial charge < -0.3 is 5.11 Å². The van der Waals surface area contributed by atoms with Gasteiger partial charge in [-0.1, -0.05) is 30.3 Å². The van der Waals surface area contributed by atoms with E-state index in [-0.39, 0.29) is 0 Å². The zero-order valence-corrected chi connectivity index (χ0v) is 6.55. The van der Waals surface area contributed by atoms with Gasteiger partial charge >= 0.3 is 6.18 Å². The molecule has 0 unspecified atom stereocenters. The molecule has 0 aliphatic rings. The molecule has 0 spiro atoms. The normalized spacial score (nSPS) is 13.0. The Labute approximate surface area is 73.1 Å². The number of halogens is 3. The van der Waals surface area contributed by atoms with Crippen molar-refractivity contribution < 1.29 is 18.3 Å². The molecule has 0 saturated heterocycles. The van der Waals surface area contributed by atoms with Crippen molar-refractivity contribution >= 4 is 6.08 Å². The molecule has 1 aromatic carbocycles. The van der Waals surface area contributed by atoms with Crippen molar-refractivity contribution in [3.8, 4) is 0 Å². The first-order chi connectivity index (χ1) is 6.00. The Hall–Kier alpha value is -1.45. The number of rotatable bonds is 1. The van der Waals surface area contributed by atoms with Gasteiger partial charge in [0.2, 0.25) is 0 Å². The van der Waals surface area contributed by atoms with Gasteiger partial charge in [-0.25, -0.2) is 0 Å². The van der Waals surface area contributed by atoms with Gasteiger partial charge in [0.25, 0.3) is 0 Å². The molecular formula is C9H7F3O. The molecule has 0 aromatic heterocycles. The van der Waals surface area contributed by atoms with E-state index in [1.807, 2.05) is 0 Å². The molecule has 0 amide bonds. The second kappa shape index (κ2) is 3.51. The summed E-state index contributed by atoms with van der Waals surface area (Å²) in [5, 5.41) is 8.58. The van der Waals surface area contributed by atoms with Crippen LogP contribution in [0.3, 0.4) is 0 Å². The fourth-order valence-corrected chi connectivity index (χ4v) is 0.789. The second-order valence-electron chi connectivity index (χ2n) is 2.44. The van der Waals surface area contributed by atoms with E-state index < -0.39 is 11.9 Å². The standard InChI is InChI=1S/C9H7F3O/c10-9(11,12)8(13)6-7-4-2-1-3-5-7/h1-6,13H/b8-6-. The number of allylic oxidation sites excluding steroid dienone is 1. The molecule has 1 aromatic rings. The molecule has 0 saturated carbocycles. The minimum atomic E-state index is -4.67. The summed E-state index contributed by atoms with van der Waals surface area (Å²) in [5.41, 5.74) is 0.317. The minimum Gasteiger partial charge on any atom is -0.504 e. The maximum absolute atomic E-state index is 11.8. The molecule has 0 atom stereocenters. The Morgan fingerprint density at radius 2 is 1.69 bits per heavy atom. The molecule has 0 bridgehead atoms. The number of hydrogen-bond donors (Lipinski definition) is 1. The number of aliphatic hydroxyl groups excluding tert-OH is 1. The highest BCUT2D eigenvalue weighted by molar-refractivity contribution is 5.51. The zero-order valence-electron chi connectivity index (χ0n) is 6.55. The smallest absolute Gasteiger partial charge is 0.448 e. The van der Waals surface area contributed by atoms with Crippen LogP contribution in [0, 0.1) is 0 Å². The molecule has 0 radical (unpaired) electrons. The highest BCUT2D eigenvalue weighted by Crippen LogP contribution is 2.24. The average Bonchev–Trinajstić information content (AvgIpc) is 2.04. The lowest BCUT2D eigenvalue weighted by atomic mass is 10.2. The van der Waals surface area contributed by atoms with E-state index in [2.05, 4.69) is 0 Å². The molecule has 0 aliphatic heterocycles. The van der Waals surface area contributed by atoms with Crippen molar-refractivity contribution in [2.45, 2.75) is 6.18 Å². The van der Waals surface area contributed by atoms with Gasteiger partial charge in [0.15, 0.2) is 5.76 Å². The molecular weight excluding hydrogens is 181 g/mol. The monoisotopic (exact) mass is 188 g/mol. The van der Waals surface area contributed by atoms with Crippen molar-refractivity contribution in [1.29, 1.82) is 0 Å². The van der Waals surface area contributed by atoms with E-state index >= 15 is 0 Å². The summed E-state index contributed by atoms with van der Waals surface area (Å²) in [4.78, 5) is 0. The van der Waals surface area contributed by atoms with E-state index in [4.69, 9.17) is 5.11 Å². The largest absolute Gasteiger partial charge is 0.504 e. The number of hydrogen-bond acceptors (Lipinski definition) is 1. The van der Waals surface area contributed by atoms with E-state index in [0.29, 0.717) is 11.6 Å². The molecule has 1 nitrogen and oxygen atoms in total. The van der Waals surface area contributed by atoms with Crippen molar-refractivity contribution in [2.75, 3.05) is 0 Å². The Morgan fingerprint density at radius 1 is 1.15 bits per heavy atom. The molecule has 0 heterocycles. The minimum absolute atomic E-state index is 0.317. The summed E-state index contributed by atoms with van der Waals surface area (Å²) in [6.45, 7) is 0. The number of benzene rings is 1. The van der Waals surface area contributed by atoms with Crippen LogP contribution in [0.15, 0.2) is 36.1 Å².